The maximum atomic E-state index is 2.41. The SMILES string of the molecule is c1ccc(-c2ccc(N(c3ccc(-c4cccc5c4sc4ccccc45)cc3)c3ccc(-n4c5ccccc5c5cc6ccccc6cc54)cc3)cc2)cc1. The largest absolute Gasteiger partial charge is 0.311 e. The van der Waals surface area contributed by atoms with Crippen LogP contribution >= 0.6 is 11.3 Å². The van der Waals surface area contributed by atoms with E-state index in [4.69, 9.17) is 0 Å². The minimum absolute atomic E-state index is 1.10. The van der Waals surface area contributed by atoms with Gasteiger partial charge in [0.05, 0.1) is 11.0 Å². The van der Waals surface area contributed by atoms with Gasteiger partial charge < -0.3 is 9.47 Å². The normalized spacial score (nSPS) is 11.6. The number of hydrogen-bond acceptors (Lipinski definition) is 2. The Hall–Kier alpha value is -6.94. The smallest absolute Gasteiger partial charge is 0.0547 e. The van der Waals surface area contributed by atoms with Crippen LogP contribution in [0, 0.1) is 0 Å². The summed E-state index contributed by atoms with van der Waals surface area (Å²) in [6.07, 6.45) is 0. The molecule has 0 aliphatic carbocycles. The first-order valence-electron chi connectivity index (χ1n) is 18.8. The Morgan fingerprint density at radius 1 is 0.364 bits per heavy atom. The Bertz CT molecular complexity index is 3170. The number of anilines is 3. The number of nitrogens with zero attached hydrogens (tertiary/aromatic N) is 2. The summed E-state index contributed by atoms with van der Waals surface area (Å²) in [6.45, 7) is 0. The number of thiophene rings is 1. The molecule has 0 N–H and O–H groups in total. The Labute approximate surface area is 323 Å². The molecule has 0 bridgehead atoms. The van der Waals surface area contributed by atoms with Gasteiger partial charge in [-0.25, -0.2) is 0 Å². The van der Waals surface area contributed by atoms with Crippen LogP contribution in [0.25, 0.3) is 80.7 Å². The molecule has 0 aliphatic heterocycles. The fourth-order valence-corrected chi connectivity index (χ4v) is 9.57. The van der Waals surface area contributed by atoms with E-state index in [0.717, 1.165) is 22.7 Å². The van der Waals surface area contributed by atoms with Crippen LogP contribution in [0.2, 0.25) is 0 Å². The molecule has 2 aromatic heterocycles. The first-order chi connectivity index (χ1) is 27.3. The van der Waals surface area contributed by atoms with E-state index in [9.17, 15) is 0 Å². The highest BCUT2D eigenvalue weighted by atomic mass is 32.1. The molecule has 258 valence electrons. The number of rotatable bonds is 6. The van der Waals surface area contributed by atoms with Gasteiger partial charge in [-0.05, 0) is 106 Å². The summed E-state index contributed by atoms with van der Waals surface area (Å²) >= 11 is 1.88. The fourth-order valence-electron chi connectivity index (χ4n) is 8.33. The van der Waals surface area contributed by atoms with Crippen LogP contribution in [0.5, 0.6) is 0 Å². The van der Waals surface area contributed by atoms with Crippen LogP contribution in [0.15, 0.2) is 206 Å². The lowest BCUT2D eigenvalue weighted by molar-refractivity contribution is 1.17. The summed E-state index contributed by atoms with van der Waals surface area (Å²) < 4.78 is 5.06. The zero-order valence-corrected chi connectivity index (χ0v) is 30.7. The lowest BCUT2D eigenvalue weighted by Crippen LogP contribution is -2.10. The minimum Gasteiger partial charge on any atom is -0.311 e. The second-order valence-corrected chi connectivity index (χ2v) is 15.2. The van der Waals surface area contributed by atoms with Crippen LogP contribution in [0.1, 0.15) is 0 Å². The summed E-state index contributed by atoms with van der Waals surface area (Å²) in [4.78, 5) is 2.36. The molecule has 9 aromatic carbocycles. The zero-order chi connectivity index (χ0) is 36.3. The van der Waals surface area contributed by atoms with Gasteiger partial charge in [-0.3, -0.25) is 0 Å². The van der Waals surface area contributed by atoms with Crippen molar-refractivity contribution in [3.05, 3.63) is 206 Å². The molecule has 0 saturated carbocycles. The maximum absolute atomic E-state index is 2.41. The summed E-state index contributed by atoms with van der Waals surface area (Å²) in [7, 11) is 0. The molecule has 3 heteroatoms. The van der Waals surface area contributed by atoms with Gasteiger partial charge in [0, 0.05) is 53.7 Å². The Balaban J connectivity index is 1.02. The quantitative estimate of drug-likeness (QED) is 0.166. The summed E-state index contributed by atoms with van der Waals surface area (Å²) in [5.41, 5.74) is 11.8. The van der Waals surface area contributed by atoms with E-state index in [1.165, 1.54) is 75.0 Å². The van der Waals surface area contributed by atoms with Gasteiger partial charge in [0.15, 0.2) is 0 Å². The first-order valence-corrected chi connectivity index (χ1v) is 19.6. The standard InChI is InChI=1S/C52H34N2S/c1-2-11-35(12-3-1)36-21-25-40(26-22-36)53(41-27-23-37(24-28-41)44-17-10-18-47-46-16-7-9-20-51(46)55-52(44)47)42-29-31-43(32-30-42)54-49-19-8-6-15-45(49)48-33-38-13-4-5-14-39(38)34-50(48)54/h1-34H. The summed E-state index contributed by atoms with van der Waals surface area (Å²) in [5.74, 6) is 0. The third-order valence-corrected chi connectivity index (χ3v) is 12.2. The Morgan fingerprint density at radius 2 is 0.927 bits per heavy atom. The van der Waals surface area contributed by atoms with Crippen molar-refractivity contribution >= 4 is 81.1 Å². The van der Waals surface area contributed by atoms with Crippen LogP contribution in [0.3, 0.4) is 0 Å². The number of para-hydroxylation sites is 1. The summed E-state index contributed by atoms with van der Waals surface area (Å²) in [6, 6.07) is 75.1. The van der Waals surface area contributed by atoms with Crippen molar-refractivity contribution in [3.63, 3.8) is 0 Å². The van der Waals surface area contributed by atoms with E-state index in [2.05, 4.69) is 216 Å². The number of aromatic nitrogens is 1. The maximum Gasteiger partial charge on any atom is 0.0547 e. The van der Waals surface area contributed by atoms with E-state index in [-0.39, 0.29) is 0 Å². The Kier molecular flexibility index (Phi) is 7.39. The van der Waals surface area contributed by atoms with E-state index < -0.39 is 0 Å². The molecule has 2 nitrogen and oxygen atoms in total. The predicted octanol–water partition coefficient (Wildman–Crippen LogP) is 15.1. The van der Waals surface area contributed by atoms with Crippen LogP contribution in [-0.4, -0.2) is 4.57 Å². The summed E-state index contributed by atoms with van der Waals surface area (Å²) in [5, 5.41) is 7.67. The molecular formula is C52H34N2S. The van der Waals surface area contributed by atoms with Gasteiger partial charge in [-0.1, -0.05) is 133 Å². The van der Waals surface area contributed by atoms with Crippen molar-refractivity contribution in [2.45, 2.75) is 0 Å². The minimum atomic E-state index is 1.10. The molecule has 0 unspecified atom stereocenters. The molecule has 11 aromatic rings. The molecule has 0 saturated heterocycles. The number of hydrogen-bond donors (Lipinski definition) is 0. The van der Waals surface area contributed by atoms with E-state index in [1.54, 1.807) is 0 Å². The van der Waals surface area contributed by atoms with E-state index >= 15 is 0 Å². The molecule has 11 rings (SSSR count). The topological polar surface area (TPSA) is 8.17 Å². The lowest BCUT2D eigenvalue weighted by Gasteiger charge is -2.26. The second kappa shape index (κ2) is 12.9. The molecule has 0 spiro atoms. The van der Waals surface area contributed by atoms with Gasteiger partial charge in [0.2, 0.25) is 0 Å². The third kappa shape index (κ3) is 5.32. The van der Waals surface area contributed by atoms with Crippen molar-refractivity contribution in [1.29, 1.82) is 0 Å². The van der Waals surface area contributed by atoms with E-state index in [1.807, 2.05) is 11.3 Å². The van der Waals surface area contributed by atoms with Crippen molar-refractivity contribution in [2.75, 3.05) is 4.90 Å². The molecule has 0 atom stereocenters. The number of benzene rings is 9. The molecule has 0 aliphatic rings. The average molecular weight is 719 g/mol. The monoisotopic (exact) mass is 718 g/mol. The molecule has 0 amide bonds. The van der Waals surface area contributed by atoms with Crippen LogP contribution in [-0.2, 0) is 0 Å². The predicted molar refractivity (Wildman–Crippen MR) is 237 cm³/mol. The fraction of sp³-hybridized carbons (Fsp3) is 0. The lowest BCUT2D eigenvalue weighted by atomic mass is 10.0. The first kappa shape index (κ1) is 31.6. The highest BCUT2D eigenvalue weighted by Gasteiger charge is 2.17. The third-order valence-electron chi connectivity index (χ3n) is 11.0. The molecule has 0 radical (unpaired) electrons. The van der Waals surface area contributed by atoms with Crippen molar-refractivity contribution in [3.8, 4) is 27.9 Å². The van der Waals surface area contributed by atoms with Gasteiger partial charge >= 0.3 is 0 Å². The number of fused-ring (bicyclic) bond motifs is 7. The van der Waals surface area contributed by atoms with Crippen LogP contribution in [0.4, 0.5) is 17.1 Å². The highest BCUT2D eigenvalue weighted by Crippen LogP contribution is 2.42. The van der Waals surface area contributed by atoms with Gasteiger partial charge in [-0.15, -0.1) is 11.3 Å². The zero-order valence-electron chi connectivity index (χ0n) is 29.9. The van der Waals surface area contributed by atoms with Crippen molar-refractivity contribution in [1.82, 2.24) is 4.57 Å². The van der Waals surface area contributed by atoms with Gasteiger partial charge in [0.1, 0.15) is 0 Å². The molecule has 0 fully saturated rings. The van der Waals surface area contributed by atoms with Gasteiger partial charge in [-0.2, -0.15) is 0 Å². The van der Waals surface area contributed by atoms with Crippen LogP contribution < -0.4 is 4.90 Å². The van der Waals surface area contributed by atoms with Crippen molar-refractivity contribution < 1.29 is 0 Å². The van der Waals surface area contributed by atoms with Gasteiger partial charge in [0.25, 0.3) is 0 Å². The molecule has 2 heterocycles. The second-order valence-electron chi connectivity index (χ2n) is 14.2. The molecule has 55 heavy (non-hydrogen) atoms. The average Bonchev–Trinajstić information content (AvgIpc) is 3.80. The molecular weight excluding hydrogens is 685 g/mol. The van der Waals surface area contributed by atoms with E-state index in [0.29, 0.717) is 0 Å². The highest BCUT2D eigenvalue weighted by molar-refractivity contribution is 7.26. The Morgan fingerprint density at radius 3 is 1.67 bits per heavy atom. The van der Waals surface area contributed by atoms with Crippen molar-refractivity contribution in [2.24, 2.45) is 0 Å².